The second-order valence-corrected chi connectivity index (χ2v) is 6.52. The van der Waals surface area contributed by atoms with Crippen LogP contribution in [0.2, 0.25) is 0 Å². The predicted molar refractivity (Wildman–Crippen MR) is 68.7 cm³/mol. The molecule has 3 N–H and O–H groups in total. The van der Waals surface area contributed by atoms with E-state index in [1.165, 1.54) is 41.5 Å². The van der Waals surface area contributed by atoms with E-state index in [2.05, 4.69) is 32.8 Å². The van der Waals surface area contributed by atoms with Crippen LogP contribution in [0, 0.1) is 5.92 Å². The zero-order valence-corrected chi connectivity index (χ0v) is 11.1. The maximum Gasteiger partial charge on any atom is 0.0701 e. The first-order valence-corrected chi connectivity index (χ1v) is 7.18. The van der Waals surface area contributed by atoms with Gasteiger partial charge in [0.2, 0.25) is 0 Å². The van der Waals surface area contributed by atoms with Gasteiger partial charge in [-0.3, -0.25) is 11.3 Å². The number of hydrogen-bond acceptors (Lipinski definition) is 3. The molecule has 0 aromatic carbocycles. The average Bonchev–Trinajstić information content (AvgIpc) is 2.68. The van der Waals surface area contributed by atoms with Gasteiger partial charge in [-0.15, -0.1) is 11.3 Å². The smallest absolute Gasteiger partial charge is 0.0701 e. The zero-order valence-electron chi connectivity index (χ0n) is 8.71. The van der Waals surface area contributed by atoms with Crippen molar-refractivity contribution in [2.75, 3.05) is 0 Å². The molecule has 15 heavy (non-hydrogen) atoms. The van der Waals surface area contributed by atoms with Crippen LogP contribution in [0.15, 0.2) is 15.2 Å². The Kier molecular flexibility index (Phi) is 4.20. The molecule has 1 unspecified atom stereocenters. The molecule has 0 spiro atoms. The maximum absolute atomic E-state index is 5.68. The lowest BCUT2D eigenvalue weighted by atomic mass is 9.82. The fraction of sp³-hybridized carbons (Fsp3) is 0.636. The van der Waals surface area contributed by atoms with Gasteiger partial charge in [0.15, 0.2) is 0 Å². The molecule has 1 aromatic heterocycles. The minimum atomic E-state index is 0.341. The molecule has 1 atom stereocenters. The molecule has 1 aliphatic rings. The molecular formula is C11H17BrN2S. The largest absolute Gasteiger partial charge is 0.271 e. The second kappa shape index (κ2) is 5.43. The van der Waals surface area contributed by atoms with Crippen LogP contribution in [0.4, 0.5) is 0 Å². The topological polar surface area (TPSA) is 38.0 Å². The highest BCUT2D eigenvalue weighted by atomic mass is 79.9. The molecule has 0 bridgehead atoms. The maximum atomic E-state index is 5.68. The molecule has 1 aromatic rings. The Bertz CT molecular complexity index is 307. The molecule has 0 saturated heterocycles. The predicted octanol–water partition coefficient (Wildman–Crippen LogP) is 3.60. The van der Waals surface area contributed by atoms with Crippen LogP contribution >= 0.6 is 27.3 Å². The van der Waals surface area contributed by atoms with E-state index in [4.69, 9.17) is 5.84 Å². The molecule has 1 aliphatic carbocycles. The molecule has 1 saturated carbocycles. The van der Waals surface area contributed by atoms with Crippen molar-refractivity contribution in [1.82, 2.24) is 5.43 Å². The van der Waals surface area contributed by atoms with E-state index < -0.39 is 0 Å². The fourth-order valence-corrected chi connectivity index (χ4v) is 3.67. The number of thiophene rings is 1. The molecule has 2 rings (SSSR count). The van der Waals surface area contributed by atoms with E-state index in [-0.39, 0.29) is 0 Å². The Morgan fingerprint density at radius 1 is 1.40 bits per heavy atom. The number of hydrogen-bond donors (Lipinski definition) is 2. The lowest BCUT2D eigenvalue weighted by Crippen LogP contribution is -2.34. The summed E-state index contributed by atoms with van der Waals surface area (Å²) in [5.74, 6) is 6.40. The summed E-state index contributed by atoms with van der Waals surface area (Å²) in [5, 5.41) is 2.20. The van der Waals surface area contributed by atoms with Crippen LogP contribution in [0.1, 0.15) is 43.7 Å². The SMILES string of the molecule is NNC(c1csc(Br)c1)C1CCCCC1. The molecule has 0 aliphatic heterocycles. The average molecular weight is 289 g/mol. The van der Waals surface area contributed by atoms with Crippen molar-refractivity contribution in [3.63, 3.8) is 0 Å². The van der Waals surface area contributed by atoms with Gasteiger partial charge in [0, 0.05) is 6.04 Å². The van der Waals surface area contributed by atoms with Crippen molar-refractivity contribution in [2.24, 2.45) is 11.8 Å². The first kappa shape index (κ1) is 11.6. The van der Waals surface area contributed by atoms with Gasteiger partial charge in [-0.1, -0.05) is 19.3 Å². The minimum Gasteiger partial charge on any atom is -0.271 e. The fourth-order valence-electron chi connectivity index (χ4n) is 2.46. The van der Waals surface area contributed by atoms with E-state index in [1.54, 1.807) is 11.3 Å². The van der Waals surface area contributed by atoms with Gasteiger partial charge in [-0.05, 0) is 51.7 Å². The second-order valence-electron chi connectivity index (χ2n) is 4.23. The van der Waals surface area contributed by atoms with E-state index in [0.717, 1.165) is 0 Å². The van der Waals surface area contributed by atoms with Crippen molar-refractivity contribution < 1.29 is 0 Å². The number of nitrogens with one attached hydrogen (secondary N) is 1. The molecular weight excluding hydrogens is 272 g/mol. The van der Waals surface area contributed by atoms with Gasteiger partial charge in [0.05, 0.1) is 3.79 Å². The third kappa shape index (κ3) is 2.81. The molecule has 4 heteroatoms. The minimum absolute atomic E-state index is 0.341. The van der Waals surface area contributed by atoms with Crippen LogP contribution in [0.3, 0.4) is 0 Å². The highest BCUT2D eigenvalue weighted by Crippen LogP contribution is 2.36. The highest BCUT2D eigenvalue weighted by molar-refractivity contribution is 9.11. The molecule has 1 fully saturated rings. The molecule has 2 nitrogen and oxygen atoms in total. The van der Waals surface area contributed by atoms with Crippen LogP contribution in [0.5, 0.6) is 0 Å². The number of halogens is 1. The van der Waals surface area contributed by atoms with Crippen molar-refractivity contribution in [3.05, 3.63) is 20.8 Å². The Balaban J connectivity index is 2.08. The third-order valence-corrected chi connectivity index (χ3v) is 4.77. The standard InChI is InChI=1S/C11H17BrN2S/c12-10-6-9(7-15-10)11(14-13)8-4-2-1-3-5-8/h6-8,11,14H,1-5,13H2. The van der Waals surface area contributed by atoms with E-state index in [0.29, 0.717) is 12.0 Å². The van der Waals surface area contributed by atoms with Crippen LogP contribution in [-0.2, 0) is 0 Å². The Labute approximate surface area is 103 Å². The van der Waals surface area contributed by atoms with Crippen molar-refractivity contribution in [1.29, 1.82) is 0 Å². The number of nitrogens with two attached hydrogens (primary N) is 1. The summed E-state index contributed by atoms with van der Waals surface area (Å²) in [6.45, 7) is 0. The molecule has 0 amide bonds. The van der Waals surface area contributed by atoms with Gasteiger partial charge in [-0.25, -0.2) is 0 Å². The van der Waals surface area contributed by atoms with E-state index in [1.807, 2.05) is 0 Å². The quantitative estimate of drug-likeness (QED) is 0.659. The Morgan fingerprint density at radius 2 is 2.13 bits per heavy atom. The Hall–Kier alpha value is 0.100. The van der Waals surface area contributed by atoms with Crippen molar-refractivity contribution >= 4 is 27.3 Å². The van der Waals surface area contributed by atoms with Crippen LogP contribution in [-0.4, -0.2) is 0 Å². The summed E-state index contributed by atoms with van der Waals surface area (Å²) in [4.78, 5) is 0. The van der Waals surface area contributed by atoms with E-state index in [9.17, 15) is 0 Å². The number of rotatable bonds is 3. The van der Waals surface area contributed by atoms with Gasteiger partial charge < -0.3 is 0 Å². The first-order chi connectivity index (χ1) is 7.31. The van der Waals surface area contributed by atoms with Gasteiger partial charge in [-0.2, -0.15) is 0 Å². The van der Waals surface area contributed by atoms with Gasteiger partial charge in [0.25, 0.3) is 0 Å². The number of hydrazine groups is 1. The summed E-state index contributed by atoms with van der Waals surface area (Å²) in [7, 11) is 0. The summed E-state index contributed by atoms with van der Waals surface area (Å²) in [6, 6.07) is 2.52. The normalized spacial score (nSPS) is 20.4. The molecule has 84 valence electrons. The van der Waals surface area contributed by atoms with Crippen LogP contribution < -0.4 is 11.3 Å². The van der Waals surface area contributed by atoms with Gasteiger partial charge >= 0.3 is 0 Å². The lowest BCUT2D eigenvalue weighted by Gasteiger charge is -2.29. The highest BCUT2D eigenvalue weighted by Gasteiger charge is 2.24. The summed E-state index contributed by atoms with van der Waals surface area (Å²) < 4.78 is 1.19. The summed E-state index contributed by atoms with van der Waals surface area (Å²) >= 11 is 5.24. The van der Waals surface area contributed by atoms with Crippen molar-refractivity contribution in [2.45, 2.75) is 38.1 Å². The first-order valence-electron chi connectivity index (χ1n) is 5.51. The summed E-state index contributed by atoms with van der Waals surface area (Å²) in [6.07, 6.45) is 6.72. The third-order valence-electron chi connectivity index (χ3n) is 3.25. The molecule has 1 heterocycles. The van der Waals surface area contributed by atoms with E-state index >= 15 is 0 Å². The monoisotopic (exact) mass is 288 g/mol. The van der Waals surface area contributed by atoms with Crippen molar-refractivity contribution in [3.8, 4) is 0 Å². The zero-order chi connectivity index (χ0) is 10.7. The summed E-state index contributed by atoms with van der Waals surface area (Å²) in [5.41, 5.74) is 4.32. The van der Waals surface area contributed by atoms with Crippen LogP contribution in [0.25, 0.3) is 0 Å². The van der Waals surface area contributed by atoms with Gasteiger partial charge in [0.1, 0.15) is 0 Å². The Morgan fingerprint density at radius 3 is 2.67 bits per heavy atom. The molecule has 0 radical (unpaired) electrons. The lowest BCUT2D eigenvalue weighted by molar-refractivity contribution is 0.274.